The van der Waals surface area contributed by atoms with Gasteiger partial charge in [0.15, 0.2) is 5.13 Å². The molecule has 0 bridgehead atoms. The maximum Gasteiger partial charge on any atom is 0.286 e. The summed E-state index contributed by atoms with van der Waals surface area (Å²) in [5.74, 6) is 0.351. The van der Waals surface area contributed by atoms with Gasteiger partial charge in [-0.25, -0.2) is 14.8 Å². The summed E-state index contributed by atoms with van der Waals surface area (Å²) in [5.41, 5.74) is 2.71. The molecule has 0 radical (unpaired) electrons. The molecule has 0 spiro atoms. The minimum Gasteiger partial charge on any atom is -0.464 e. The second-order valence-electron chi connectivity index (χ2n) is 5.96. The van der Waals surface area contributed by atoms with Crippen LogP contribution < -0.4 is 10.4 Å². The van der Waals surface area contributed by atoms with Gasteiger partial charge in [0.05, 0.1) is 12.5 Å². The van der Waals surface area contributed by atoms with Crippen LogP contribution in [-0.4, -0.2) is 46.6 Å². The van der Waals surface area contributed by atoms with E-state index in [0.29, 0.717) is 4.88 Å². The summed E-state index contributed by atoms with van der Waals surface area (Å²) in [6.45, 7) is 3.47. The van der Waals surface area contributed by atoms with E-state index in [4.69, 9.17) is 9.62 Å². The Hall–Kier alpha value is -2.33. The van der Waals surface area contributed by atoms with Crippen LogP contribution in [0.25, 0.3) is 11.3 Å². The number of rotatable bonds is 5. The molecule has 2 N–H and O–H groups in total. The normalized spacial score (nSPS) is 15.1. The molecule has 3 aromatic rings. The number of piperazine rings is 1. The van der Waals surface area contributed by atoms with Crippen molar-refractivity contribution >= 4 is 34.3 Å². The van der Waals surface area contributed by atoms with Crippen molar-refractivity contribution in [1.82, 2.24) is 14.8 Å². The molecule has 1 aliphatic rings. The second kappa shape index (κ2) is 8.13. The van der Waals surface area contributed by atoms with Crippen molar-refractivity contribution < 1.29 is 14.4 Å². The fraction of sp³-hybridized carbons (Fsp3) is 0.222. The zero-order chi connectivity index (χ0) is 18.6. The highest BCUT2D eigenvalue weighted by molar-refractivity contribution is 7.97. The standard InChI is InChI=1S/C18H18N4O3S2/c23-17(20-24)16-12-19-18(26-16)21-7-9-22(10-8-21)27-14-5-3-13(4-6-14)15-2-1-11-25-15/h1-6,11-12,24H,7-10H2,(H,20,23). The van der Waals surface area contributed by atoms with Crippen LogP contribution in [0, 0.1) is 0 Å². The average Bonchev–Trinajstić information content (AvgIpc) is 3.41. The minimum absolute atomic E-state index is 0.404. The summed E-state index contributed by atoms with van der Waals surface area (Å²) < 4.78 is 7.75. The van der Waals surface area contributed by atoms with Crippen molar-refractivity contribution in [2.75, 3.05) is 31.1 Å². The molecule has 1 aliphatic heterocycles. The van der Waals surface area contributed by atoms with Crippen LogP contribution in [0.2, 0.25) is 0 Å². The van der Waals surface area contributed by atoms with E-state index >= 15 is 0 Å². The molecule has 7 nitrogen and oxygen atoms in total. The van der Waals surface area contributed by atoms with Gasteiger partial charge in [0.1, 0.15) is 10.6 Å². The van der Waals surface area contributed by atoms with Gasteiger partial charge in [-0.1, -0.05) is 23.5 Å². The van der Waals surface area contributed by atoms with Crippen LogP contribution in [0.1, 0.15) is 9.67 Å². The summed E-state index contributed by atoms with van der Waals surface area (Å²) in [6.07, 6.45) is 3.17. The molecular formula is C18H18N4O3S2. The number of hydroxylamine groups is 1. The third-order valence-corrected chi connectivity index (χ3v) is 6.39. The first-order valence-corrected chi connectivity index (χ1v) is 10.0. The third kappa shape index (κ3) is 4.16. The molecule has 1 amide bonds. The SMILES string of the molecule is O=C(NO)c1cnc(N2CCN(Sc3ccc(-c4ccco4)cc3)CC2)s1. The van der Waals surface area contributed by atoms with Gasteiger partial charge in [0, 0.05) is 36.6 Å². The Balaban J connectivity index is 1.31. The molecule has 0 unspecified atom stereocenters. The Labute approximate surface area is 164 Å². The monoisotopic (exact) mass is 402 g/mol. The molecule has 1 aromatic carbocycles. The summed E-state index contributed by atoms with van der Waals surface area (Å²) in [6, 6.07) is 12.2. The summed E-state index contributed by atoms with van der Waals surface area (Å²) in [7, 11) is 0. The highest BCUT2D eigenvalue weighted by Crippen LogP contribution is 2.29. The van der Waals surface area contributed by atoms with Gasteiger partial charge >= 0.3 is 0 Å². The molecule has 3 heterocycles. The van der Waals surface area contributed by atoms with E-state index in [9.17, 15) is 4.79 Å². The van der Waals surface area contributed by atoms with Gasteiger partial charge in [-0.3, -0.25) is 10.0 Å². The van der Waals surface area contributed by atoms with E-state index in [1.165, 1.54) is 22.4 Å². The lowest BCUT2D eigenvalue weighted by Gasteiger charge is -2.33. The fourth-order valence-corrected chi connectivity index (χ4v) is 4.57. The first kappa shape index (κ1) is 18.1. The van der Waals surface area contributed by atoms with Gasteiger partial charge in [0.2, 0.25) is 0 Å². The maximum atomic E-state index is 11.4. The van der Waals surface area contributed by atoms with Gasteiger partial charge < -0.3 is 9.32 Å². The number of aromatic nitrogens is 1. The zero-order valence-corrected chi connectivity index (χ0v) is 16.0. The molecular weight excluding hydrogens is 384 g/mol. The number of nitrogens with zero attached hydrogens (tertiary/aromatic N) is 3. The van der Waals surface area contributed by atoms with Crippen molar-refractivity contribution in [3.63, 3.8) is 0 Å². The molecule has 140 valence electrons. The number of anilines is 1. The number of furan rings is 1. The average molecular weight is 403 g/mol. The summed E-state index contributed by atoms with van der Waals surface area (Å²) in [4.78, 5) is 19.5. The number of amides is 1. The quantitative estimate of drug-likeness (QED) is 0.385. The van der Waals surface area contributed by atoms with E-state index in [2.05, 4.69) is 38.5 Å². The molecule has 27 heavy (non-hydrogen) atoms. The predicted octanol–water partition coefficient (Wildman–Crippen LogP) is 3.35. The highest BCUT2D eigenvalue weighted by Gasteiger charge is 2.21. The summed E-state index contributed by atoms with van der Waals surface area (Å²) >= 11 is 3.03. The van der Waals surface area contributed by atoms with Crippen molar-refractivity contribution in [3.8, 4) is 11.3 Å². The predicted molar refractivity (Wildman–Crippen MR) is 105 cm³/mol. The molecule has 2 aromatic heterocycles. The van der Waals surface area contributed by atoms with E-state index in [-0.39, 0.29) is 0 Å². The van der Waals surface area contributed by atoms with Crippen LogP contribution in [0.3, 0.4) is 0 Å². The highest BCUT2D eigenvalue weighted by atomic mass is 32.2. The molecule has 9 heteroatoms. The molecule has 4 rings (SSSR count). The lowest BCUT2D eigenvalue weighted by Crippen LogP contribution is -2.43. The first-order valence-electron chi connectivity index (χ1n) is 8.45. The van der Waals surface area contributed by atoms with Crippen molar-refractivity contribution in [2.24, 2.45) is 0 Å². The molecule has 0 saturated carbocycles. The Morgan fingerprint density at radius 2 is 1.96 bits per heavy atom. The van der Waals surface area contributed by atoms with Gasteiger partial charge in [0.25, 0.3) is 5.91 Å². The number of thiazole rings is 1. The fourth-order valence-electron chi connectivity index (χ4n) is 2.81. The number of carbonyl (C=O) groups excluding carboxylic acids is 1. The topological polar surface area (TPSA) is 81.8 Å². The largest absolute Gasteiger partial charge is 0.464 e. The Kier molecular flexibility index (Phi) is 5.44. The number of nitrogens with one attached hydrogen (secondary N) is 1. The molecule has 0 aliphatic carbocycles. The van der Waals surface area contributed by atoms with E-state index in [1.54, 1.807) is 23.7 Å². The summed E-state index contributed by atoms with van der Waals surface area (Å²) in [5, 5.41) is 9.51. The van der Waals surface area contributed by atoms with E-state index in [0.717, 1.165) is 42.6 Å². The Morgan fingerprint density at radius 1 is 1.19 bits per heavy atom. The van der Waals surface area contributed by atoms with Gasteiger partial charge in [-0.15, -0.1) is 0 Å². The van der Waals surface area contributed by atoms with Crippen LogP contribution >= 0.6 is 23.3 Å². The third-order valence-electron chi connectivity index (χ3n) is 4.22. The number of benzene rings is 1. The van der Waals surface area contributed by atoms with Crippen LogP contribution in [0.4, 0.5) is 5.13 Å². The van der Waals surface area contributed by atoms with Crippen LogP contribution in [0.5, 0.6) is 0 Å². The smallest absolute Gasteiger partial charge is 0.286 e. The maximum absolute atomic E-state index is 11.4. The number of hydrogen-bond acceptors (Lipinski definition) is 8. The van der Waals surface area contributed by atoms with E-state index < -0.39 is 5.91 Å². The van der Waals surface area contributed by atoms with E-state index in [1.807, 2.05) is 12.1 Å². The Bertz CT molecular complexity index is 888. The molecule has 0 atom stereocenters. The number of carbonyl (C=O) groups is 1. The minimum atomic E-state index is -0.522. The van der Waals surface area contributed by atoms with Crippen LogP contribution in [-0.2, 0) is 0 Å². The zero-order valence-electron chi connectivity index (χ0n) is 14.4. The first-order chi connectivity index (χ1) is 13.2. The van der Waals surface area contributed by atoms with Crippen molar-refractivity contribution in [3.05, 3.63) is 53.7 Å². The van der Waals surface area contributed by atoms with Gasteiger partial charge in [-0.2, -0.15) is 0 Å². The van der Waals surface area contributed by atoms with Crippen molar-refractivity contribution in [1.29, 1.82) is 0 Å². The lowest BCUT2D eigenvalue weighted by molar-refractivity contribution is 0.0710. The van der Waals surface area contributed by atoms with Gasteiger partial charge in [-0.05, 0) is 36.2 Å². The van der Waals surface area contributed by atoms with Crippen molar-refractivity contribution in [2.45, 2.75) is 4.90 Å². The lowest BCUT2D eigenvalue weighted by atomic mass is 10.2. The number of hydrogen-bond donors (Lipinski definition) is 2. The molecule has 1 saturated heterocycles. The second-order valence-corrected chi connectivity index (χ2v) is 8.14. The van der Waals surface area contributed by atoms with Crippen LogP contribution in [0.15, 0.2) is 58.2 Å². The molecule has 1 fully saturated rings. The Morgan fingerprint density at radius 3 is 2.63 bits per heavy atom.